The van der Waals surface area contributed by atoms with Crippen LogP contribution in [0, 0.1) is 19.8 Å². The summed E-state index contributed by atoms with van der Waals surface area (Å²) in [5.74, 6) is 1.40. The van der Waals surface area contributed by atoms with Crippen molar-refractivity contribution in [3.63, 3.8) is 0 Å². The molecule has 5 heteroatoms. The first-order valence-corrected chi connectivity index (χ1v) is 9.88. The third-order valence-electron chi connectivity index (χ3n) is 5.53. The fourth-order valence-corrected chi connectivity index (χ4v) is 3.75. The fourth-order valence-electron chi connectivity index (χ4n) is 3.75. The first-order valence-electron chi connectivity index (χ1n) is 9.88. The number of para-hydroxylation sites is 1. The molecule has 1 heterocycles. The molecule has 3 rings (SSSR count). The second-order valence-corrected chi connectivity index (χ2v) is 7.82. The maximum absolute atomic E-state index is 12.7. The van der Waals surface area contributed by atoms with Crippen LogP contribution in [0.4, 0.5) is 5.69 Å². The molecule has 2 aromatic rings. The minimum absolute atomic E-state index is 0.0594. The van der Waals surface area contributed by atoms with Gasteiger partial charge in [-0.05, 0) is 57.1 Å². The summed E-state index contributed by atoms with van der Waals surface area (Å²) in [4.78, 5) is 12.7. The average molecular weight is 370 g/mol. The molecule has 0 saturated heterocycles. The number of anilines is 1. The number of hydrogen-bond acceptors (Lipinski definition) is 4. The lowest BCUT2D eigenvalue weighted by atomic mass is 9.86. The Hall–Kier alpha value is -2.14. The van der Waals surface area contributed by atoms with Crippen LogP contribution in [0.25, 0.3) is 0 Å². The minimum Gasteiger partial charge on any atom is -0.373 e. The van der Waals surface area contributed by atoms with E-state index in [1.807, 2.05) is 32.0 Å². The highest BCUT2D eigenvalue weighted by Gasteiger charge is 2.27. The number of nitrogens with zero attached hydrogens (tertiary/aromatic N) is 1. The lowest BCUT2D eigenvalue weighted by Crippen LogP contribution is -2.30. The molecule has 1 N–H and O–H groups in total. The van der Waals surface area contributed by atoms with Gasteiger partial charge in [-0.15, -0.1) is 0 Å². The monoisotopic (exact) mass is 370 g/mol. The van der Waals surface area contributed by atoms with Gasteiger partial charge in [0.1, 0.15) is 5.76 Å². The van der Waals surface area contributed by atoms with Crippen molar-refractivity contribution in [3.05, 3.63) is 46.8 Å². The molecular weight excluding hydrogens is 340 g/mol. The Kier molecular flexibility index (Phi) is 6.32. The van der Waals surface area contributed by atoms with Gasteiger partial charge < -0.3 is 14.6 Å². The summed E-state index contributed by atoms with van der Waals surface area (Å²) < 4.78 is 11.2. The van der Waals surface area contributed by atoms with Gasteiger partial charge in [0, 0.05) is 17.2 Å². The van der Waals surface area contributed by atoms with E-state index in [1.54, 1.807) is 0 Å². The number of nitrogens with one attached hydrogen (secondary N) is 1. The summed E-state index contributed by atoms with van der Waals surface area (Å²) in [6, 6.07) is 8.07. The number of hydrogen-bond donors (Lipinski definition) is 1. The number of carbonyl (C=O) groups is 1. The first-order chi connectivity index (χ1) is 13.0. The Bertz CT molecular complexity index is 754. The molecular formula is C22H30N2O3. The molecule has 27 heavy (non-hydrogen) atoms. The maximum Gasteiger partial charge on any atom is 0.227 e. The minimum atomic E-state index is 0.0594. The molecule has 0 aliphatic heterocycles. The zero-order chi connectivity index (χ0) is 19.4. The van der Waals surface area contributed by atoms with Crippen molar-refractivity contribution in [1.82, 2.24) is 5.16 Å². The van der Waals surface area contributed by atoms with Crippen molar-refractivity contribution in [1.29, 1.82) is 0 Å². The lowest BCUT2D eigenvalue weighted by molar-refractivity contribution is -0.121. The SMILES string of the molecule is Cc1noc(C)c1COC1CCC(C(=O)Nc2ccccc2C(C)C)CC1. The van der Waals surface area contributed by atoms with Gasteiger partial charge in [-0.3, -0.25) is 4.79 Å². The van der Waals surface area contributed by atoms with E-state index in [9.17, 15) is 4.79 Å². The molecule has 5 nitrogen and oxygen atoms in total. The number of amides is 1. The first kappa shape index (κ1) is 19.6. The topological polar surface area (TPSA) is 64.4 Å². The van der Waals surface area contributed by atoms with E-state index in [2.05, 4.69) is 30.4 Å². The predicted octanol–water partition coefficient (Wildman–Crippen LogP) is 5.13. The van der Waals surface area contributed by atoms with E-state index in [-0.39, 0.29) is 17.9 Å². The molecule has 1 amide bonds. The standard InChI is InChI=1S/C22H30N2O3/c1-14(2)19-7-5-6-8-21(19)23-22(25)17-9-11-18(12-10-17)26-13-20-15(3)24-27-16(20)4/h5-8,14,17-18H,9-13H2,1-4H3,(H,23,25). The van der Waals surface area contributed by atoms with Crippen LogP contribution in [-0.4, -0.2) is 17.2 Å². The molecule has 0 bridgehead atoms. The molecule has 0 unspecified atom stereocenters. The van der Waals surface area contributed by atoms with Crippen LogP contribution in [0.3, 0.4) is 0 Å². The quantitative estimate of drug-likeness (QED) is 0.766. The molecule has 0 radical (unpaired) electrons. The second kappa shape index (κ2) is 8.70. The number of rotatable bonds is 6. The Labute approximate surface area is 161 Å². The van der Waals surface area contributed by atoms with Crippen molar-refractivity contribution in [2.75, 3.05) is 5.32 Å². The van der Waals surface area contributed by atoms with Crippen LogP contribution in [0.2, 0.25) is 0 Å². The van der Waals surface area contributed by atoms with Gasteiger partial charge in [0.15, 0.2) is 0 Å². The highest BCUT2D eigenvalue weighted by molar-refractivity contribution is 5.93. The van der Waals surface area contributed by atoms with Crippen molar-refractivity contribution in [2.45, 2.75) is 72.0 Å². The van der Waals surface area contributed by atoms with Crippen LogP contribution in [-0.2, 0) is 16.1 Å². The zero-order valence-electron chi connectivity index (χ0n) is 16.7. The maximum atomic E-state index is 12.7. The highest BCUT2D eigenvalue weighted by atomic mass is 16.5. The van der Waals surface area contributed by atoms with E-state index in [0.717, 1.165) is 48.4 Å². The average Bonchev–Trinajstić information content (AvgIpc) is 2.98. The molecule has 146 valence electrons. The number of carbonyl (C=O) groups excluding carboxylic acids is 1. The van der Waals surface area contributed by atoms with Crippen molar-refractivity contribution in [3.8, 4) is 0 Å². The van der Waals surface area contributed by atoms with Crippen LogP contribution in [0.1, 0.15) is 68.0 Å². The smallest absolute Gasteiger partial charge is 0.227 e. The summed E-state index contributed by atoms with van der Waals surface area (Å²) in [7, 11) is 0. The summed E-state index contributed by atoms with van der Waals surface area (Å²) in [6.45, 7) is 8.67. The second-order valence-electron chi connectivity index (χ2n) is 7.82. The number of aromatic nitrogens is 1. The van der Waals surface area contributed by atoms with E-state index >= 15 is 0 Å². The van der Waals surface area contributed by atoms with Gasteiger partial charge in [0.2, 0.25) is 5.91 Å². The summed E-state index contributed by atoms with van der Waals surface area (Å²) in [5.41, 5.74) is 4.06. The van der Waals surface area contributed by atoms with Crippen molar-refractivity contribution >= 4 is 11.6 Å². The molecule has 1 aromatic heterocycles. The van der Waals surface area contributed by atoms with Crippen LogP contribution >= 0.6 is 0 Å². The van der Waals surface area contributed by atoms with Gasteiger partial charge >= 0.3 is 0 Å². The summed E-state index contributed by atoms with van der Waals surface area (Å²) >= 11 is 0. The van der Waals surface area contributed by atoms with Crippen molar-refractivity contribution < 1.29 is 14.1 Å². The highest BCUT2D eigenvalue weighted by Crippen LogP contribution is 2.30. The molecule has 0 spiro atoms. The molecule has 1 saturated carbocycles. The Morgan fingerprint density at radius 3 is 2.56 bits per heavy atom. The van der Waals surface area contributed by atoms with Gasteiger partial charge in [0.25, 0.3) is 0 Å². The normalized spacial score (nSPS) is 20.0. The molecule has 1 aliphatic carbocycles. The van der Waals surface area contributed by atoms with Crippen LogP contribution in [0.15, 0.2) is 28.8 Å². The summed E-state index contributed by atoms with van der Waals surface area (Å²) in [5, 5.41) is 7.11. The third kappa shape index (κ3) is 4.78. The van der Waals surface area contributed by atoms with Gasteiger partial charge in [0.05, 0.1) is 18.4 Å². The van der Waals surface area contributed by atoms with Gasteiger partial charge in [-0.2, -0.15) is 0 Å². The molecule has 1 fully saturated rings. The van der Waals surface area contributed by atoms with E-state index in [1.165, 1.54) is 5.56 Å². The van der Waals surface area contributed by atoms with Crippen molar-refractivity contribution in [2.24, 2.45) is 5.92 Å². The zero-order valence-corrected chi connectivity index (χ0v) is 16.7. The predicted molar refractivity (Wildman–Crippen MR) is 106 cm³/mol. The van der Waals surface area contributed by atoms with Crippen LogP contribution in [0.5, 0.6) is 0 Å². The Morgan fingerprint density at radius 1 is 1.22 bits per heavy atom. The Balaban J connectivity index is 1.50. The molecule has 1 aromatic carbocycles. The Morgan fingerprint density at radius 2 is 1.93 bits per heavy atom. The number of aryl methyl sites for hydroxylation is 2. The van der Waals surface area contributed by atoms with E-state index in [0.29, 0.717) is 12.5 Å². The molecule has 0 atom stereocenters. The van der Waals surface area contributed by atoms with Crippen LogP contribution < -0.4 is 5.32 Å². The largest absolute Gasteiger partial charge is 0.373 e. The number of benzene rings is 1. The lowest BCUT2D eigenvalue weighted by Gasteiger charge is -2.28. The van der Waals surface area contributed by atoms with E-state index in [4.69, 9.17) is 9.26 Å². The molecule has 1 aliphatic rings. The fraction of sp³-hybridized carbons (Fsp3) is 0.545. The third-order valence-corrected chi connectivity index (χ3v) is 5.53. The van der Waals surface area contributed by atoms with E-state index < -0.39 is 0 Å². The van der Waals surface area contributed by atoms with Gasteiger partial charge in [-0.25, -0.2) is 0 Å². The summed E-state index contributed by atoms with van der Waals surface area (Å²) in [6.07, 6.45) is 3.75. The number of ether oxygens (including phenoxy) is 1. The van der Waals surface area contributed by atoms with Gasteiger partial charge in [-0.1, -0.05) is 37.2 Å².